The van der Waals surface area contributed by atoms with Crippen LogP contribution in [0.15, 0.2) is 59.9 Å². The lowest BCUT2D eigenvalue weighted by Crippen LogP contribution is -2.40. The van der Waals surface area contributed by atoms with Crippen LogP contribution in [0.1, 0.15) is 38.9 Å². The van der Waals surface area contributed by atoms with E-state index in [9.17, 15) is 21.0 Å². The molecule has 234 valence electrons. The van der Waals surface area contributed by atoms with Crippen LogP contribution < -0.4 is 10.4 Å². The third kappa shape index (κ3) is 5.32. The van der Waals surface area contributed by atoms with Crippen LogP contribution in [0.2, 0.25) is 39.3 Å². The first-order valence-electron chi connectivity index (χ1n) is 15.3. The predicted octanol–water partition coefficient (Wildman–Crippen LogP) is 8.76. The van der Waals surface area contributed by atoms with E-state index in [0.29, 0.717) is 55.8 Å². The Kier molecular flexibility index (Phi) is 8.60. The Morgan fingerprint density at radius 3 is 1.62 bits per heavy atom. The number of hydrogen-bond acceptors (Lipinski definition) is 4. The molecule has 0 spiro atoms. The Balaban J connectivity index is 1.89. The van der Waals surface area contributed by atoms with Gasteiger partial charge in [-0.15, -0.1) is 0 Å². The van der Waals surface area contributed by atoms with Gasteiger partial charge in [0.1, 0.15) is 6.07 Å². The summed E-state index contributed by atoms with van der Waals surface area (Å²) in [6, 6.07) is 22.6. The van der Waals surface area contributed by atoms with Crippen molar-refractivity contribution in [3.63, 3.8) is 0 Å². The molecule has 0 amide bonds. The number of fused-ring (bicyclic) bond motifs is 2. The van der Waals surface area contributed by atoms with Gasteiger partial charge in [-0.3, -0.25) is 0 Å². The molecule has 0 atom stereocenters. The van der Waals surface area contributed by atoms with E-state index >= 15 is 0 Å². The normalized spacial score (nSPS) is 15.2. The van der Waals surface area contributed by atoms with Crippen molar-refractivity contribution in [2.24, 2.45) is 0 Å². The molecule has 0 N–H and O–H groups in total. The second-order valence-corrected chi connectivity index (χ2v) is 23.8. The van der Waals surface area contributed by atoms with Gasteiger partial charge in [0.25, 0.3) is 11.4 Å². The lowest BCUT2D eigenvalue weighted by atomic mass is 9.90. The van der Waals surface area contributed by atoms with Crippen LogP contribution in [0.5, 0.6) is 0 Å². The number of allylic oxidation sites excluding steroid dienone is 7. The molecule has 3 aromatic rings. The summed E-state index contributed by atoms with van der Waals surface area (Å²) >= 11 is 0. The fourth-order valence-electron chi connectivity index (χ4n) is 6.59. The van der Waals surface area contributed by atoms with E-state index < -0.39 is 16.1 Å². The van der Waals surface area contributed by atoms with Gasteiger partial charge in [0.15, 0.2) is 5.69 Å². The van der Waals surface area contributed by atoms with Gasteiger partial charge < -0.3 is 0 Å². The molecule has 2 aliphatic carbocycles. The van der Waals surface area contributed by atoms with Crippen molar-refractivity contribution in [3.8, 4) is 24.3 Å². The Morgan fingerprint density at radius 2 is 1.14 bits per heavy atom. The second-order valence-electron chi connectivity index (χ2n) is 13.8. The van der Waals surface area contributed by atoms with Crippen LogP contribution in [0.3, 0.4) is 0 Å². The van der Waals surface area contributed by atoms with E-state index in [0.717, 1.165) is 10.4 Å². The van der Waals surface area contributed by atoms with E-state index in [2.05, 4.69) is 70.8 Å². The first kappa shape index (κ1) is 34.3. The summed E-state index contributed by atoms with van der Waals surface area (Å²) in [5.41, 5.74) is 5.03. The van der Waals surface area contributed by atoms with Gasteiger partial charge in [-0.1, -0.05) is 74.8 Å². The quantitative estimate of drug-likeness (QED) is 0.156. The summed E-state index contributed by atoms with van der Waals surface area (Å²) in [5, 5.41) is 42.7. The fourth-order valence-corrected chi connectivity index (χ4v) is 9.58. The topological polar surface area (TPSA) is 113 Å². The SMILES string of the molecule is [C-]#[N+]C1=C(c2cccc(C3=C(C#N)c4cc([Si](C)(C)C)c([N+]#[C-])cc4/C3=C(/C#N)[N+]#[C-])c2)/C(=C(/C#N)[N+]#[C-])c2cc(C#N)c([Si](C)(C)C)cc21. The lowest BCUT2D eigenvalue weighted by Gasteiger charge is -2.20. The maximum Gasteiger partial charge on any atom is 0.270 e. The monoisotopic (exact) mass is 674 g/mol. The summed E-state index contributed by atoms with van der Waals surface area (Å²) in [7, 11) is -4.13. The van der Waals surface area contributed by atoms with E-state index in [1.54, 1.807) is 36.4 Å². The third-order valence-electron chi connectivity index (χ3n) is 8.77. The Morgan fingerprint density at radius 1 is 0.600 bits per heavy atom. The maximum atomic E-state index is 10.6. The standard InChI is InChI=1S/C40H26N8Si2/c1-45-31-16-28-26(17-35(31)50(8,9)10)30(20-42)36(38(28)32(21-43)46-2)23-12-11-13-24(14-23)37-39(33(22-44)47-3)27-15-25(19-41)34(49(5,6)7)18-29(27)40(37)48-4/h11-18H,5-10H3/b38-32+,39-33-. The predicted molar refractivity (Wildman–Crippen MR) is 200 cm³/mol. The zero-order valence-electron chi connectivity index (χ0n) is 28.2. The number of nitriles is 4. The van der Waals surface area contributed by atoms with Crippen LogP contribution in [0.25, 0.3) is 52.9 Å². The molecule has 50 heavy (non-hydrogen) atoms. The Bertz CT molecular complexity index is 2370. The summed E-state index contributed by atoms with van der Waals surface area (Å²) in [6.45, 7) is 44.5. The molecule has 3 aromatic carbocycles. The van der Waals surface area contributed by atoms with Gasteiger partial charge in [0.05, 0.1) is 71.8 Å². The molecular weight excluding hydrogens is 649 g/mol. The van der Waals surface area contributed by atoms with Crippen molar-refractivity contribution in [2.75, 3.05) is 0 Å². The minimum absolute atomic E-state index is 0.229. The highest BCUT2D eigenvalue weighted by atomic mass is 28.3. The Labute approximate surface area is 294 Å². The van der Waals surface area contributed by atoms with Gasteiger partial charge in [-0.2, -0.15) is 10.5 Å². The fraction of sp³-hybridized carbons (Fsp3) is 0.150. The zero-order valence-corrected chi connectivity index (χ0v) is 30.2. The zero-order chi connectivity index (χ0) is 36.7. The van der Waals surface area contributed by atoms with Gasteiger partial charge in [-0.05, 0) is 73.5 Å². The van der Waals surface area contributed by atoms with E-state index in [1.165, 1.54) is 0 Å². The molecule has 0 aliphatic heterocycles. The largest absolute Gasteiger partial charge is 0.270 e. The molecule has 0 unspecified atom stereocenters. The van der Waals surface area contributed by atoms with E-state index in [1.807, 2.05) is 24.3 Å². The smallest absolute Gasteiger partial charge is 0.238 e. The molecule has 0 radical (unpaired) electrons. The van der Waals surface area contributed by atoms with Crippen molar-refractivity contribution in [2.45, 2.75) is 39.3 Å². The minimum Gasteiger partial charge on any atom is -0.238 e. The third-order valence-corrected chi connectivity index (χ3v) is 12.8. The molecule has 0 aromatic heterocycles. The van der Waals surface area contributed by atoms with Crippen molar-refractivity contribution in [3.05, 3.63) is 145 Å². The van der Waals surface area contributed by atoms with Gasteiger partial charge in [0, 0.05) is 5.57 Å². The molecule has 2 aliphatic rings. The summed E-state index contributed by atoms with van der Waals surface area (Å²) in [6.07, 6.45) is 0. The average Bonchev–Trinajstić information content (AvgIpc) is 3.59. The Hall–Kier alpha value is -7.03. The van der Waals surface area contributed by atoms with Crippen LogP contribution in [0.4, 0.5) is 5.69 Å². The van der Waals surface area contributed by atoms with Crippen LogP contribution in [-0.2, 0) is 0 Å². The van der Waals surface area contributed by atoms with Gasteiger partial charge >= 0.3 is 0 Å². The highest BCUT2D eigenvalue weighted by Gasteiger charge is 2.36. The molecule has 10 heteroatoms. The van der Waals surface area contributed by atoms with Crippen LogP contribution >= 0.6 is 0 Å². The van der Waals surface area contributed by atoms with Crippen molar-refractivity contribution < 1.29 is 0 Å². The minimum atomic E-state index is -2.07. The van der Waals surface area contributed by atoms with Crippen LogP contribution in [0, 0.1) is 71.6 Å². The number of rotatable bonds is 4. The summed E-state index contributed by atoms with van der Waals surface area (Å²) in [4.78, 5) is 14.7. The molecule has 0 heterocycles. The average molecular weight is 675 g/mol. The van der Waals surface area contributed by atoms with Gasteiger partial charge in [0.2, 0.25) is 5.70 Å². The van der Waals surface area contributed by atoms with E-state index in [-0.39, 0.29) is 33.8 Å². The second kappa shape index (κ2) is 12.5. The summed E-state index contributed by atoms with van der Waals surface area (Å²) < 4.78 is 0. The molecular formula is C40H26N8Si2. The van der Waals surface area contributed by atoms with Crippen molar-refractivity contribution >= 4 is 65.8 Å². The molecule has 0 fully saturated rings. The van der Waals surface area contributed by atoms with E-state index in [4.69, 9.17) is 26.3 Å². The number of nitrogens with zero attached hydrogens (tertiary/aromatic N) is 8. The highest BCUT2D eigenvalue weighted by Crippen LogP contribution is 2.52. The molecule has 5 rings (SSSR count). The highest BCUT2D eigenvalue weighted by molar-refractivity contribution is 6.90. The molecule has 0 bridgehead atoms. The van der Waals surface area contributed by atoms with Crippen molar-refractivity contribution in [1.29, 1.82) is 21.0 Å². The molecule has 0 saturated carbocycles. The molecule has 0 saturated heterocycles. The first-order chi connectivity index (χ1) is 23.7. The lowest BCUT2D eigenvalue weighted by molar-refractivity contribution is 1.47. The molecule has 8 nitrogen and oxygen atoms in total. The first-order valence-corrected chi connectivity index (χ1v) is 22.3. The number of benzene rings is 3. The summed E-state index contributed by atoms with van der Waals surface area (Å²) in [5.74, 6) is 0. The van der Waals surface area contributed by atoms with Gasteiger partial charge in [-0.25, -0.2) is 29.9 Å². The van der Waals surface area contributed by atoms with Crippen molar-refractivity contribution in [1.82, 2.24) is 0 Å². The van der Waals surface area contributed by atoms with Crippen LogP contribution in [-0.4, -0.2) is 16.1 Å². The maximum absolute atomic E-state index is 10.6. The number of hydrogen-bond donors (Lipinski definition) is 0.